The number of rotatable bonds is 9. The molecule has 1 saturated carbocycles. The Bertz CT molecular complexity index is 267. The van der Waals surface area contributed by atoms with Crippen LogP contribution in [0.2, 0.25) is 0 Å². The summed E-state index contributed by atoms with van der Waals surface area (Å²) in [5.41, 5.74) is -0.513. The van der Waals surface area contributed by atoms with Gasteiger partial charge in [-0.2, -0.15) is 11.8 Å². The van der Waals surface area contributed by atoms with Crippen molar-refractivity contribution >= 4 is 17.7 Å². The maximum absolute atomic E-state index is 11.9. The van der Waals surface area contributed by atoms with Gasteiger partial charge in [0.1, 0.15) is 5.54 Å². The summed E-state index contributed by atoms with van der Waals surface area (Å²) in [6.45, 7) is 4.94. The molecule has 0 saturated heterocycles. The monoisotopic (exact) mass is 287 g/mol. The fraction of sp³-hybridized carbons (Fsp3) is 0.933. The molecule has 0 aromatic rings. The van der Waals surface area contributed by atoms with Crippen molar-refractivity contribution in [2.24, 2.45) is 0 Å². The van der Waals surface area contributed by atoms with E-state index in [1.54, 1.807) is 0 Å². The largest absolute Gasteiger partial charge is 0.468 e. The number of nitrogens with one attached hydrogen (secondary N) is 1. The second-order valence-electron chi connectivity index (χ2n) is 5.63. The molecule has 1 aliphatic carbocycles. The molecule has 0 amide bonds. The van der Waals surface area contributed by atoms with Crippen LogP contribution in [-0.4, -0.2) is 36.2 Å². The topological polar surface area (TPSA) is 38.3 Å². The Morgan fingerprint density at radius 1 is 1.42 bits per heavy atom. The van der Waals surface area contributed by atoms with Crippen molar-refractivity contribution in [3.05, 3.63) is 0 Å². The van der Waals surface area contributed by atoms with Gasteiger partial charge in [-0.15, -0.1) is 0 Å². The summed E-state index contributed by atoms with van der Waals surface area (Å²) >= 11 is 2.09. The second kappa shape index (κ2) is 8.85. The Kier molecular flexibility index (Phi) is 7.84. The van der Waals surface area contributed by atoms with Crippen LogP contribution < -0.4 is 5.32 Å². The number of carbonyl (C=O) groups excluding carboxylic acids is 1. The molecular weight excluding hydrogens is 258 g/mol. The van der Waals surface area contributed by atoms with Crippen LogP contribution in [0, 0.1) is 0 Å². The van der Waals surface area contributed by atoms with Crippen LogP contribution in [0.5, 0.6) is 0 Å². The lowest BCUT2D eigenvalue weighted by atomic mass is 9.96. The lowest BCUT2D eigenvalue weighted by Crippen LogP contribution is -2.50. The first-order chi connectivity index (χ1) is 9.12. The molecule has 112 valence electrons. The molecule has 1 rings (SSSR count). The first-order valence-electron chi connectivity index (χ1n) is 7.57. The number of carbonyl (C=O) groups is 1. The van der Waals surface area contributed by atoms with Crippen molar-refractivity contribution in [3.8, 4) is 0 Å². The number of hydrogen-bond donors (Lipinski definition) is 1. The van der Waals surface area contributed by atoms with E-state index in [2.05, 4.69) is 24.0 Å². The van der Waals surface area contributed by atoms with Gasteiger partial charge in [-0.3, -0.25) is 4.79 Å². The third-order valence-corrected chi connectivity index (χ3v) is 5.35. The maximum atomic E-state index is 11.9. The number of thioether (sulfide) groups is 1. The zero-order valence-electron chi connectivity index (χ0n) is 12.7. The molecule has 1 fully saturated rings. The fourth-order valence-electron chi connectivity index (χ4n) is 2.62. The summed E-state index contributed by atoms with van der Waals surface area (Å²) in [6.07, 6.45) is 8.53. The highest BCUT2D eigenvalue weighted by atomic mass is 32.2. The van der Waals surface area contributed by atoms with Gasteiger partial charge < -0.3 is 10.1 Å². The van der Waals surface area contributed by atoms with Crippen LogP contribution in [0.4, 0.5) is 0 Å². The zero-order chi connectivity index (χ0) is 14.1. The lowest BCUT2D eigenvalue weighted by Gasteiger charge is -2.28. The standard InChI is InChI=1S/C15H29NO2S/c1-4-11-16-15(2,14(17)18-3)10-7-12-19-13-8-5-6-9-13/h13,16H,4-12H2,1-3H3. The van der Waals surface area contributed by atoms with Gasteiger partial charge in [0.2, 0.25) is 0 Å². The molecule has 4 heteroatoms. The van der Waals surface area contributed by atoms with E-state index in [1.165, 1.54) is 32.8 Å². The third kappa shape index (κ3) is 5.74. The average Bonchev–Trinajstić information content (AvgIpc) is 2.93. The summed E-state index contributed by atoms with van der Waals surface area (Å²) in [5, 5.41) is 4.21. The minimum atomic E-state index is -0.513. The van der Waals surface area contributed by atoms with E-state index in [-0.39, 0.29) is 5.97 Å². The third-order valence-electron chi connectivity index (χ3n) is 3.88. The Labute approximate surface area is 122 Å². The highest BCUT2D eigenvalue weighted by Gasteiger charge is 2.32. The van der Waals surface area contributed by atoms with E-state index in [0.29, 0.717) is 0 Å². The average molecular weight is 287 g/mol. The molecule has 1 unspecified atom stereocenters. The van der Waals surface area contributed by atoms with E-state index in [1.807, 2.05) is 6.92 Å². The van der Waals surface area contributed by atoms with Gasteiger partial charge >= 0.3 is 5.97 Å². The Hall–Kier alpha value is -0.220. The molecule has 0 aromatic heterocycles. The van der Waals surface area contributed by atoms with Gasteiger partial charge in [-0.1, -0.05) is 19.8 Å². The summed E-state index contributed by atoms with van der Waals surface area (Å²) in [7, 11) is 1.47. The van der Waals surface area contributed by atoms with Gasteiger partial charge in [0, 0.05) is 5.25 Å². The minimum Gasteiger partial charge on any atom is -0.468 e. The summed E-state index contributed by atoms with van der Waals surface area (Å²) in [5.74, 6) is 1.03. The Morgan fingerprint density at radius 3 is 2.68 bits per heavy atom. The van der Waals surface area contributed by atoms with Crippen molar-refractivity contribution in [1.29, 1.82) is 0 Å². The summed E-state index contributed by atoms with van der Waals surface area (Å²) in [4.78, 5) is 11.9. The van der Waals surface area contributed by atoms with Gasteiger partial charge in [0.15, 0.2) is 0 Å². The van der Waals surface area contributed by atoms with E-state index in [0.717, 1.165) is 36.8 Å². The quantitative estimate of drug-likeness (QED) is 0.521. The van der Waals surface area contributed by atoms with Gasteiger partial charge in [0.05, 0.1) is 7.11 Å². The van der Waals surface area contributed by atoms with Crippen LogP contribution in [0.25, 0.3) is 0 Å². The van der Waals surface area contributed by atoms with Crippen LogP contribution in [0.3, 0.4) is 0 Å². The van der Waals surface area contributed by atoms with E-state index in [4.69, 9.17) is 4.74 Å². The van der Waals surface area contributed by atoms with Crippen LogP contribution in [-0.2, 0) is 9.53 Å². The molecular formula is C15H29NO2S. The highest BCUT2D eigenvalue weighted by Crippen LogP contribution is 2.30. The Morgan fingerprint density at radius 2 is 2.11 bits per heavy atom. The number of esters is 1. The molecule has 0 radical (unpaired) electrons. The van der Waals surface area contributed by atoms with E-state index in [9.17, 15) is 4.79 Å². The van der Waals surface area contributed by atoms with Crippen LogP contribution in [0.15, 0.2) is 0 Å². The number of methoxy groups -OCH3 is 1. The van der Waals surface area contributed by atoms with Gasteiger partial charge in [0.25, 0.3) is 0 Å². The van der Waals surface area contributed by atoms with Crippen molar-refractivity contribution in [1.82, 2.24) is 5.32 Å². The first-order valence-corrected chi connectivity index (χ1v) is 8.62. The smallest absolute Gasteiger partial charge is 0.325 e. The van der Waals surface area contributed by atoms with Crippen molar-refractivity contribution in [3.63, 3.8) is 0 Å². The Balaban J connectivity index is 2.28. The number of hydrogen-bond acceptors (Lipinski definition) is 4. The fourth-order valence-corrected chi connectivity index (χ4v) is 3.93. The molecule has 1 atom stereocenters. The minimum absolute atomic E-state index is 0.133. The molecule has 1 aliphatic rings. The highest BCUT2D eigenvalue weighted by molar-refractivity contribution is 7.99. The molecule has 1 N–H and O–H groups in total. The number of ether oxygens (including phenoxy) is 1. The van der Waals surface area contributed by atoms with E-state index < -0.39 is 5.54 Å². The predicted octanol–water partition coefficient (Wildman–Crippen LogP) is 3.37. The second-order valence-corrected chi connectivity index (χ2v) is 7.04. The van der Waals surface area contributed by atoms with Crippen LogP contribution >= 0.6 is 11.8 Å². The molecule has 0 spiro atoms. The SMILES string of the molecule is CCCNC(C)(CCCSC1CCCC1)C(=O)OC. The first kappa shape index (κ1) is 16.8. The van der Waals surface area contributed by atoms with Crippen LogP contribution in [0.1, 0.15) is 58.8 Å². The molecule has 0 heterocycles. The van der Waals surface area contributed by atoms with Crippen molar-refractivity contribution < 1.29 is 9.53 Å². The van der Waals surface area contributed by atoms with Crippen molar-refractivity contribution in [2.45, 2.75) is 69.6 Å². The maximum Gasteiger partial charge on any atom is 0.325 e. The molecule has 0 aromatic carbocycles. The van der Waals surface area contributed by atoms with Gasteiger partial charge in [-0.05, 0) is 51.3 Å². The normalized spacial score (nSPS) is 19.3. The molecule has 3 nitrogen and oxygen atoms in total. The summed E-state index contributed by atoms with van der Waals surface area (Å²) < 4.78 is 4.93. The molecule has 0 aliphatic heterocycles. The predicted molar refractivity (Wildman–Crippen MR) is 82.7 cm³/mol. The van der Waals surface area contributed by atoms with E-state index >= 15 is 0 Å². The molecule has 0 bridgehead atoms. The molecule has 19 heavy (non-hydrogen) atoms. The summed E-state index contributed by atoms with van der Waals surface area (Å²) in [6, 6.07) is 0. The lowest BCUT2D eigenvalue weighted by molar-refractivity contribution is -0.148. The van der Waals surface area contributed by atoms with Crippen molar-refractivity contribution in [2.75, 3.05) is 19.4 Å². The van der Waals surface area contributed by atoms with Gasteiger partial charge in [-0.25, -0.2) is 0 Å². The zero-order valence-corrected chi connectivity index (χ0v) is 13.5.